The first-order valence-electron chi connectivity index (χ1n) is 7.48. The van der Waals surface area contributed by atoms with E-state index in [1.165, 1.54) is 13.8 Å². The third kappa shape index (κ3) is 18.0. The second kappa shape index (κ2) is 15.9. The van der Waals surface area contributed by atoms with Crippen molar-refractivity contribution in [3.05, 3.63) is 0 Å². The molecule has 2 unspecified atom stereocenters. The molecule has 0 saturated carbocycles. The van der Waals surface area contributed by atoms with Crippen molar-refractivity contribution >= 4 is 54.3 Å². The predicted octanol–water partition coefficient (Wildman–Crippen LogP) is -0.947. The first-order valence-corrected chi connectivity index (χ1v) is 9.11. The third-order valence-electron chi connectivity index (χ3n) is 2.14. The van der Waals surface area contributed by atoms with E-state index in [1.54, 1.807) is 0 Å². The number of amides is 6. The summed E-state index contributed by atoms with van der Waals surface area (Å²) < 4.78 is 18.0. The topological polar surface area (TPSA) is 212 Å². The Labute approximate surface area is 167 Å². The minimum Gasteiger partial charge on any atom is -0.392 e. The van der Waals surface area contributed by atoms with Gasteiger partial charge in [0.05, 0.1) is 20.0 Å². The van der Waals surface area contributed by atoms with Crippen molar-refractivity contribution in [2.75, 3.05) is 20.0 Å². The lowest BCUT2D eigenvalue weighted by atomic mass is 10.7. The summed E-state index contributed by atoms with van der Waals surface area (Å²) in [4.78, 5) is 65.9. The zero-order valence-corrected chi connectivity index (χ0v) is 17.2. The lowest BCUT2D eigenvalue weighted by Gasteiger charge is -2.09. The molecule has 2 atom stereocenters. The summed E-state index contributed by atoms with van der Waals surface area (Å²) in [6.45, 7) is 1.81. The summed E-state index contributed by atoms with van der Waals surface area (Å²) in [6, 6.07) is 0. The number of nitrogens with one attached hydrogen (secondary N) is 6. The summed E-state index contributed by atoms with van der Waals surface area (Å²) in [6.07, 6.45) is -3.86. The van der Waals surface area contributed by atoms with E-state index < -0.39 is 49.1 Å². The predicted molar refractivity (Wildman–Crippen MR) is 97.3 cm³/mol. The van der Waals surface area contributed by atoms with E-state index in [2.05, 4.69) is 50.0 Å². The number of hydrogen-bond donors (Lipinski definition) is 6. The molecule has 0 saturated heterocycles. The lowest BCUT2D eigenvalue weighted by Crippen LogP contribution is -2.37. The number of rotatable bonds is 10. The van der Waals surface area contributed by atoms with E-state index in [4.69, 9.17) is 0 Å². The summed E-state index contributed by atoms with van der Waals surface area (Å²) >= 11 is 0. The highest BCUT2D eigenvalue weighted by atomic mass is 31.1. The van der Waals surface area contributed by atoms with E-state index in [-0.39, 0.29) is 25.2 Å². The van der Waals surface area contributed by atoms with Crippen molar-refractivity contribution in [3.8, 4) is 0 Å². The molecular weight excluding hydrogens is 438 g/mol. The molecule has 0 fully saturated rings. The highest BCUT2D eigenvalue weighted by Gasteiger charge is 2.09. The van der Waals surface area contributed by atoms with Gasteiger partial charge in [0.25, 0.3) is 18.1 Å². The fourth-order valence-electron chi connectivity index (χ4n) is 1.01. The third-order valence-corrected chi connectivity index (χ3v) is 3.22. The van der Waals surface area contributed by atoms with Gasteiger partial charge in [0.15, 0.2) is 0 Å². The van der Waals surface area contributed by atoms with Gasteiger partial charge in [-0.15, -0.1) is 0 Å². The molecule has 18 heteroatoms. The normalized spacial score (nSPS) is 10.0. The van der Waals surface area contributed by atoms with E-state index in [1.807, 2.05) is 0 Å². The maximum absolute atomic E-state index is 11.3. The average molecular weight is 458 g/mol. The quantitative estimate of drug-likeness (QED) is 0.174. The van der Waals surface area contributed by atoms with Crippen LogP contribution in [0.4, 0.5) is 19.2 Å². The molecule has 0 aromatic carbocycles. The molecule has 0 heterocycles. The smallest absolute Gasteiger partial charge is 0.392 e. The molecule has 6 N–H and O–H groups in total. The highest BCUT2D eigenvalue weighted by Crippen LogP contribution is 2.14. The van der Waals surface area contributed by atoms with E-state index in [9.17, 15) is 28.8 Å². The SMILES string of the molecule is CC(=O)NCNC(=O)OPOC(=O)NCNC(=O)OPOC(=O)NCNC(C)=O. The van der Waals surface area contributed by atoms with E-state index in [0.29, 0.717) is 0 Å². The van der Waals surface area contributed by atoms with Crippen molar-refractivity contribution in [2.45, 2.75) is 13.8 Å². The van der Waals surface area contributed by atoms with Gasteiger partial charge in [0.2, 0.25) is 11.8 Å². The molecule has 29 heavy (non-hydrogen) atoms. The van der Waals surface area contributed by atoms with Crippen LogP contribution < -0.4 is 31.9 Å². The standard InChI is InChI=1S/C11H20N6O10P2/c1-6(18)12-3-14-8(20)24-28-26-10(22)16-5-17-11(23)27-29-25-9(21)15-4-13-7(2)19/h28-29H,3-5H2,1-2H3,(H,12,18)(H,13,19)(H,14,20)(H,15,21)(H,16,22)(H,17,23). The van der Waals surface area contributed by atoms with Crippen LogP contribution in [0.3, 0.4) is 0 Å². The Morgan fingerprint density at radius 3 is 1.00 bits per heavy atom. The molecular formula is C11H20N6O10P2. The maximum atomic E-state index is 11.3. The number of carbonyl (C=O) groups excluding carboxylic acids is 6. The largest absolute Gasteiger partial charge is 0.413 e. The van der Waals surface area contributed by atoms with Gasteiger partial charge in [-0.05, 0) is 0 Å². The van der Waals surface area contributed by atoms with Crippen molar-refractivity contribution in [2.24, 2.45) is 0 Å². The Hall–Kier alpha value is -3.12. The minimum atomic E-state index is -1.01. The Kier molecular flexibility index (Phi) is 14.2. The highest BCUT2D eigenvalue weighted by molar-refractivity contribution is 7.28. The molecule has 6 amide bonds. The van der Waals surface area contributed by atoms with Crippen LogP contribution in [0.5, 0.6) is 0 Å². The van der Waals surface area contributed by atoms with Gasteiger partial charge in [-0.25, -0.2) is 19.2 Å². The molecule has 164 valence electrons. The van der Waals surface area contributed by atoms with Crippen LogP contribution in [0.15, 0.2) is 0 Å². The zero-order chi connectivity index (χ0) is 22.1. The van der Waals surface area contributed by atoms with Crippen molar-refractivity contribution in [1.29, 1.82) is 0 Å². The van der Waals surface area contributed by atoms with Gasteiger partial charge in [0, 0.05) is 13.8 Å². The maximum Gasteiger partial charge on any atom is 0.413 e. The van der Waals surface area contributed by atoms with Crippen LogP contribution >= 0.6 is 18.1 Å². The van der Waals surface area contributed by atoms with Crippen LogP contribution in [0.1, 0.15) is 13.8 Å². The van der Waals surface area contributed by atoms with Crippen molar-refractivity contribution in [1.82, 2.24) is 31.9 Å². The minimum absolute atomic E-state index is 0.155. The molecule has 16 nitrogen and oxygen atoms in total. The Balaban J connectivity index is 3.64. The van der Waals surface area contributed by atoms with Crippen LogP contribution in [-0.2, 0) is 27.7 Å². The fourth-order valence-corrected chi connectivity index (χ4v) is 1.68. The van der Waals surface area contributed by atoms with Gasteiger partial charge < -0.3 is 50.0 Å². The van der Waals surface area contributed by atoms with Crippen molar-refractivity contribution in [3.63, 3.8) is 0 Å². The van der Waals surface area contributed by atoms with Gasteiger partial charge >= 0.3 is 24.4 Å². The molecule has 0 bridgehead atoms. The van der Waals surface area contributed by atoms with Crippen molar-refractivity contribution < 1.29 is 46.9 Å². The number of hydrogen-bond acceptors (Lipinski definition) is 10. The van der Waals surface area contributed by atoms with Gasteiger partial charge in [0.1, 0.15) is 0 Å². The first-order chi connectivity index (χ1) is 13.7. The molecule has 0 aromatic rings. The lowest BCUT2D eigenvalue weighted by molar-refractivity contribution is -0.119. The molecule has 0 aromatic heterocycles. The van der Waals surface area contributed by atoms with Crippen LogP contribution in [0.25, 0.3) is 0 Å². The zero-order valence-electron chi connectivity index (χ0n) is 15.2. The number of carbonyl (C=O) groups is 6. The summed E-state index contributed by atoms with van der Waals surface area (Å²) in [5.74, 6) is -0.710. The summed E-state index contributed by atoms with van der Waals surface area (Å²) in [5.41, 5.74) is 0. The molecule has 0 rings (SSSR count). The van der Waals surface area contributed by atoms with Gasteiger partial charge in [-0.2, -0.15) is 0 Å². The van der Waals surface area contributed by atoms with Gasteiger partial charge in [-0.3, -0.25) is 9.59 Å². The Bertz CT molecular complexity index is 557. The molecule has 0 aliphatic heterocycles. The van der Waals surface area contributed by atoms with E-state index >= 15 is 0 Å². The van der Waals surface area contributed by atoms with Gasteiger partial charge in [-0.1, -0.05) is 0 Å². The second-order valence-electron chi connectivity index (χ2n) is 4.43. The van der Waals surface area contributed by atoms with Crippen LogP contribution in [-0.4, -0.2) is 56.2 Å². The average Bonchev–Trinajstić information content (AvgIpc) is 2.61. The second-order valence-corrected chi connectivity index (χ2v) is 5.58. The Morgan fingerprint density at radius 2 is 0.759 bits per heavy atom. The summed E-state index contributed by atoms with van der Waals surface area (Å²) in [7, 11) is -1.94. The fraction of sp³-hybridized carbons (Fsp3) is 0.455. The molecule has 0 radical (unpaired) electrons. The molecule has 0 aliphatic carbocycles. The molecule has 0 spiro atoms. The monoisotopic (exact) mass is 458 g/mol. The van der Waals surface area contributed by atoms with Crippen LogP contribution in [0, 0.1) is 0 Å². The van der Waals surface area contributed by atoms with Crippen LogP contribution in [0.2, 0.25) is 0 Å². The molecule has 0 aliphatic rings. The summed E-state index contributed by atoms with van der Waals surface area (Å²) in [5, 5.41) is 13.1. The first kappa shape index (κ1) is 25.9. The van der Waals surface area contributed by atoms with E-state index in [0.717, 1.165) is 0 Å². The Morgan fingerprint density at radius 1 is 0.517 bits per heavy atom.